The van der Waals surface area contributed by atoms with Crippen molar-refractivity contribution >= 4 is 0 Å². The Morgan fingerprint density at radius 3 is 2.30 bits per heavy atom. The Bertz CT molecular complexity index is 118. The van der Waals surface area contributed by atoms with Crippen molar-refractivity contribution in [2.75, 3.05) is 20.1 Å². The molecule has 0 aromatic rings. The first-order valence-electron chi connectivity index (χ1n) is 4.25. The van der Waals surface area contributed by atoms with Crippen molar-refractivity contribution in [3.8, 4) is 0 Å². The van der Waals surface area contributed by atoms with Gasteiger partial charge in [0.2, 0.25) is 0 Å². The monoisotopic (exact) mass is 141 g/mol. The van der Waals surface area contributed by atoms with Crippen LogP contribution >= 0.6 is 0 Å². The van der Waals surface area contributed by atoms with Gasteiger partial charge >= 0.3 is 0 Å². The van der Waals surface area contributed by atoms with Crippen LogP contribution in [0.4, 0.5) is 0 Å². The summed E-state index contributed by atoms with van der Waals surface area (Å²) in [5, 5.41) is 0. The average molecular weight is 141 g/mol. The van der Waals surface area contributed by atoms with Crippen molar-refractivity contribution < 1.29 is 0 Å². The fourth-order valence-electron chi connectivity index (χ4n) is 2.19. The number of likely N-dealkylation sites (tertiary alicyclic amines) is 1. The van der Waals surface area contributed by atoms with E-state index in [1.54, 1.807) is 0 Å². The maximum absolute atomic E-state index is 2.44. The highest BCUT2D eigenvalue weighted by atomic mass is 15.1. The fraction of sp³-hybridized carbons (Fsp3) is 1.00. The van der Waals surface area contributed by atoms with Gasteiger partial charge in [0.1, 0.15) is 0 Å². The Kier molecular flexibility index (Phi) is 2.04. The van der Waals surface area contributed by atoms with E-state index < -0.39 is 0 Å². The van der Waals surface area contributed by atoms with Crippen molar-refractivity contribution in [1.29, 1.82) is 0 Å². The second kappa shape index (κ2) is 2.54. The Balaban J connectivity index is 2.58. The molecular weight excluding hydrogens is 122 g/mol. The highest BCUT2D eigenvalue weighted by Crippen LogP contribution is 2.35. The van der Waals surface area contributed by atoms with Crippen molar-refractivity contribution in [3.63, 3.8) is 0 Å². The van der Waals surface area contributed by atoms with Crippen molar-refractivity contribution in [2.45, 2.75) is 27.2 Å². The van der Waals surface area contributed by atoms with Crippen LogP contribution in [-0.2, 0) is 0 Å². The lowest BCUT2D eigenvalue weighted by atomic mass is 9.81. The topological polar surface area (TPSA) is 3.24 Å². The zero-order valence-corrected chi connectivity index (χ0v) is 7.65. The molecule has 0 spiro atoms. The summed E-state index contributed by atoms with van der Waals surface area (Å²) in [6, 6.07) is 0. The molecule has 1 aliphatic rings. The summed E-state index contributed by atoms with van der Waals surface area (Å²) in [6.07, 6.45) is 1.33. The van der Waals surface area contributed by atoms with E-state index in [4.69, 9.17) is 0 Å². The maximum Gasteiger partial charge on any atom is 0.00329 e. The quantitative estimate of drug-likeness (QED) is 0.540. The number of nitrogens with zero attached hydrogens (tertiary/aromatic N) is 1. The molecule has 1 aliphatic heterocycles. The van der Waals surface area contributed by atoms with Gasteiger partial charge in [-0.1, -0.05) is 27.2 Å². The van der Waals surface area contributed by atoms with Crippen LogP contribution in [0, 0.1) is 11.3 Å². The van der Waals surface area contributed by atoms with Gasteiger partial charge in [-0.25, -0.2) is 0 Å². The van der Waals surface area contributed by atoms with Crippen LogP contribution in [0.1, 0.15) is 27.2 Å². The summed E-state index contributed by atoms with van der Waals surface area (Å²) in [6.45, 7) is 9.62. The molecular formula is C9H19N. The molecule has 0 N–H and O–H groups in total. The molecule has 0 radical (unpaired) electrons. The zero-order valence-electron chi connectivity index (χ0n) is 7.65. The average Bonchev–Trinajstić information content (AvgIpc) is 2.04. The van der Waals surface area contributed by atoms with Gasteiger partial charge in [0, 0.05) is 13.1 Å². The Morgan fingerprint density at radius 2 is 2.10 bits per heavy atom. The standard InChI is InChI=1S/C9H19N/c1-5-8-6-10(4)7-9(8,2)3/h8H,5-7H2,1-4H3. The molecule has 0 aliphatic carbocycles. The molecule has 1 fully saturated rings. The summed E-state index contributed by atoms with van der Waals surface area (Å²) in [7, 11) is 2.22. The minimum absolute atomic E-state index is 0.559. The van der Waals surface area contributed by atoms with Crippen LogP contribution in [0.25, 0.3) is 0 Å². The second-order valence-corrected chi connectivity index (χ2v) is 4.29. The van der Waals surface area contributed by atoms with Gasteiger partial charge in [-0.2, -0.15) is 0 Å². The predicted molar refractivity (Wildman–Crippen MR) is 45.1 cm³/mol. The van der Waals surface area contributed by atoms with Crippen molar-refractivity contribution in [3.05, 3.63) is 0 Å². The smallest absolute Gasteiger partial charge is 0.00329 e. The van der Waals surface area contributed by atoms with E-state index in [0.717, 1.165) is 5.92 Å². The lowest BCUT2D eigenvalue weighted by Crippen LogP contribution is -2.21. The first-order valence-corrected chi connectivity index (χ1v) is 4.25. The van der Waals surface area contributed by atoms with Crippen LogP contribution in [0.15, 0.2) is 0 Å². The Labute approximate surface area is 64.4 Å². The fourth-order valence-corrected chi connectivity index (χ4v) is 2.19. The van der Waals surface area contributed by atoms with Gasteiger partial charge in [0.25, 0.3) is 0 Å². The van der Waals surface area contributed by atoms with Gasteiger partial charge in [0.05, 0.1) is 0 Å². The van der Waals surface area contributed by atoms with Crippen molar-refractivity contribution in [1.82, 2.24) is 4.90 Å². The molecule has 1 unspecified atom stereocenters. The van der Waals surface area contributed by atoms with E-state index >= 15 is 0 Å². The lowest BCUT2D eigenvalue weighted by Gasteiger charge is -2.24. The molecule has 0 amide bonds. The Hall–Kier alpha value is -0.0400. The molecule has 10 heavy (non-hydrogen) atoms. The van der Waals surface area contributed by atoms with E-state index in [9.17, 15) is 0 Å². The van der Waals surface area contributed by atoms with Crippen LogP contribution in [0.5, 0.6) is 0 Å². The molecule has 0 bridgehead atoms. The maximum atomic E-state index is 2.44. The first kappa shape index (κ1) is 8.06. The van der Waals surface area contributed by atoms with E-state index in [-0.39, 0.29) is 0 Å². The van der Waals surface area contributed by atoms with Gasteiger partial charge in [-0.15, -0.1) is 0 Å². The molecule has 1 heteroatoms. The van der Waals surface area contributed by atoms with Crippen molar-refractivity contribution in [2.24, 2.45) is 11.3 Å². The first-order chi connectivity index (χ1) is 4.56. The van der Waals surface area contributed by atoms with Crippen LogP contribution in [-0.4, -0.2) is 25.0 Å². The molecule has 0 aromatic carbocycles. The van der Waals surface area contributed by atoms with E-state index in [2.05, 4.69) is 32.7 Å². The molecule has 1 nitrogen and oxygen atoms in total. The summed E-state index contributed by atoms with van der Waals surface area (Å²) in [5.74, 6) is 0.914. The zero-order chi connectivity index (χ0) is 7.78. The molecule has 1 saturated heterocycles. The summed E-state index contributed by atoms with van der Waals surface area (Å²) in [4.78, 5) is 2.44. The molecule has 0 saturated carbocycles. The SMILES string of the molecule is CCC1CN(C)CC1(C)C. The number of hydrogen-bond donors (Lipinski definition) is 0. The predicted octanol–water partition coefficient (Wildman–Crippen LogP) is 1.98. The summed E-state index contributed by atoms with van der Waals surface area (Å²) >= 11 is 0. The Morgan fingerprint density at radius 1 is 1.50 bits per heavy atom. The molecule has 1 rings (SSSR count). The highest BCUT2D eigenvalue weighted by molar-refractivity contribution is 4.88. The molecule has 1 heterocycles. The largest absolute Gasteiger partial charge is 0.306 e. The third-order valence-electron chi connectivity index (χ3n) is 2.81. The molecule has 0 aromatic heterocycles. The van der Waals surface area contributed by atoms with E-state index in [1.165, 1.54) is 19.5 Å². The summed E-state index contributed by atoms with van der Waals surface area (Å²) in [5.41, 5.74) is 0.559. The second-order valence-electron chi connectivity index (χ2n) is 4.29. The summed E-state index contributed by atoms with van der Waals surface area (Å²) < 4.78 is 0. The normalized spacial score (nSPS) is 33.0. The third-order valence-corrected chi connectivity index (χ3v) is 2.81. The minimum atomic E-state index is 0.559. The van der Waals surface area contributed by atoms with Crippen LogP contribution in [0.3, 0.4) is 0 Å². The minimum Gasteiger partial charge on any atom is -0.306 e. The highest BCUT2D eigenvalue weighted by Gasteiger charge is 2.35. The third kappa shape index (κ3) is 1.34. The number of hydrogen-bond acceptors (Lipinski definition) is 1. The van der Waals surface area contributed by atoms with Gasteiger partial charge in [0.15, 0.2) is 0 Å². The number of rotatable bonds is 1. The van der Waals surface area contributed by atoms with Gasteiger partial charge < -0.3 is 4.90 Å². The van der Waals surface area contributed by atoms with Gasteiger partial charge in [-0.3, -0.25) is 0 Å². The van der Waals surface area contributed by atoms with Gasteiger partial charge in [-0.05, 0) is 18.4 Å². The van der Waals surface area contributed by atoms with Crippen LogP contribution in [0.2, 0.25) is 0 Å². The molecule has 1 atom stereocenters. The van der Waals surface area contributed by atoms with E-state index in [1.807, 2.05) is 0 Å². The molecule has 60 valence electrons. The lowest BCUT2D eigenvalue weighted by molar-refractivity contribution is 0.276. The van der Waals surface area contributed by atoms with Crippen LogP contribution < -0.4 is 0 Å². The van der Waals surface area contributed by atoms with E-state index in [0.29, 0.717) is 5.41 Å².